The molecule has 0 saturated carbocycles. The second-order valence-electron chi connectivity index (χ2n) is 5.98. The summed E-state index contributed by atoms with van der Waals surface area (Å²) in [5.74, 6) is 0.348. The van der Waals surface area contributed by atoms with E-state index < -0.39 is 0 Å². The first-order valence-electron chi connectivity index (χ1n) is 7.94. The molecule has 5 nitrogen and oxygen atoms in total. The molecule has 0 aliphatic carbocycles. The first-order chi connectivity index (χ1) is 11.9. The van der Waals surface area contributed by atoms with Crippen molar-refractivity contribution in [3.8, 4) is 5.75 Å². The van der Waals surface area contributed by atoms with Crippen LogP contribution in [0.15, 0.2) is 42.5 Å². The molecule has 6 heteroatoms. The average Bonchev–Trinajstić information content (AvgIpc) is 2.60. The molecule has 0 atom stereocenters. The molecule has 0 aliphatic heterocycles. The first kappa shape index (κ1) is 18.8. The molecule has 0 fully saturated rings. The number of hydrogen-bond acceptors (Lipinski definition) is 3. The molecule has 2 rings (SSSR count). The molecule has 0 radical (unpaired) electrons. The summed E-state index contributed by atoms with van der Waals surface area (Å²) in [6, 6.07) is 11.5. The molecule has 0 heterocycles. The Kier molecular flexibility index (Phi) is 6.42. The van der Waals surface area contributed by atoms with Gasteiger partial charge in [-0.3, -0.25) is 9.59 Å². The van der Waals surface area contributed by atoms with E-state index >= 15 is 0 Å². The molecular formula is C19H21ClN2O3. The zero-order chi connectivity index (χ0) is 18.4. The van der Waals surface area contributed by atoms with Crippen molar-refractivity contribution in [2.75, 3.05) is 19.0 Å². The third-order valence-corrected chi connectivity index (χ3v) is 3.72. The highest BCUT2D eigenvalue weighted by molar-refractivity contribution is 6.31. The van der Waals surface area contributed by atoms with Crippen LogP contribution in [-0.2, 0) is 0 Å². The van der Waals surface area contributed by atoms with Crippen LogP contribution >= 0.6 is 11.6 Å². The SMILES string of the molecule is COc1ccc(Cl)cc1C(=O)Nc1ccc(C(=O)NCC(C)C)cc1. The Morgan fingerprint density at radius 2 is 1.76 bits per heavy atom. The highest BCUT2D eigenvalue weighted by Crippen LogP contribution is 2.23. The lowest BCUT2D eigenvalue weighted by molar-refractivity contribution is 0.0948. The summed E-state index contributed by atoms with van der Waals surface area (Å²) in [7, 11) is 1.49. The molecule has 2 aromatic carbocycles. The van der Waals surface area contributed by atoms with Gasteiger partial charge in [-0.05, 0) is 48.4 Å². The summed E-state index contributed by atoms with van der Waals surface area (Å²) in [5.41, 5.74) is 1.46. The van der Waals surface area contributed by atoms with E-state index in [0.29, 0.717) is 40.0 Å². The fourth-order valence-electron chi connectivity index (χ4n) is 2.16. The molecule has 0 spiro atoms. The summed E-state index contributed by atoms with van der Waals surface area (Å²) in [5, 5.41) is 6.06. The van der Waals surface area contributed by atoms with Crippen LogP contribution in [0.1, 0.15) is 34.6 Å². The van der Waals surface area contributed by atoms with E-state index in [2.05, 4.69) is 10.6 Å². The van der Waals surface area contributed by atoms with Crippen molar-refractivity contribution < 1.29 is 14.3 Å². The van der Waals surface area contributed by atoms with E-state index in [4.69, 9.17) is 16.3 Å². The molecular weight excluding hydrogens is 340 g/mol. The molecule has 132 valence electrons. The van der Waals surface area contributed by atoms with Gasteiger partial charge in [-0.2, -0.15) is 0 Å². The number of anilines is 1. The maximum Gasteiger partial charge on any atom is 0.259 e. The van der Waals surface area contributed by atoms with Crippen LogP contribution in [0, 0.1) is 5.92 Å². The lowest BCUT2D eigenvalue weighted by Crippen LogP contribution is -2.27. The second kappa shape index (κ2) is 8.53. The Hall–Kier alpha value is -2.53. The zero-order valence-corrected chi connectivity index (χ0v) is 15.2. The van der Waals surface area contributed by atoms with Gasteiger partial charge in [0.05, 0.1) is 12.7 Å². The number of ether oxygens (including phenoxy) is 1. The van der Waals surface area contributed by atoms with Crippen LogP contribution in [0.3, 0.4) is 0 Å². The Morgan fingerprint density at radius 3 is 2.36 bits per heavy atom. The minimum Gasteiger partial charge on any atom is -0.496 e. The van der Waals surface area contributed by atoms with E-state index in [1.165, 1.54) is 7.11 Å². The van der Waals surface area contributed by atoms with Gasteiger partial charge < -0.3 is 15.4 Å². The van der Waals surface area contributed by atoms with Gasteiger partial charge in [-0.25, -0.2) is 0 Å². The maximum absolute atomic E-state index is 12.4. The highest BCUT2D eigenvalue weighted by Gasteiger charge is 2.13. The van der Waals surface area contributed by atoms with Gasteiger partial charge in [-0.15, -0.1) is 0 Å². The Morgan fingerprint density at radius 1 is 1.08 bits per heavy atom. The predicted molar refractivity (Wildman–Crippen MR) is 99.6 cm³/mol. The zero-order valence-electron chi connectivity index (χ0n) is 14.4. The number of carbonyl (C=O) groups excluding carboxylic acids is 2. The topological polar surface area (TPSA) is 67.4 Å². The third kappa shape index (κ3) is 5.22. The van der Waals surface area contributed by atoms with Crippen LogP contribution in [0.4, 0.5) is 5.69 Å². The average molecular weight is 361 g/mol. The van der Waals surface area contributed by atoms with E-state index in [9.17, 15) is 9.59 Å². The highest BCUT2D eigenvalue weighted by atomic mass is 35.5. The van der Waals surface area contributed by atoms with Crippen LogP contribution in [0.25, 0.3) is 0 Å². The van der Waals surface area contributed by atoms with Gasteiger partial charge >= 0.3 is 0 Å². The first-order valence-corrected chi connectivity index (χ1v) is 8.31. The third-order valence-electron chi connectivity index (χ3n) is 3.48. The molecule has 25 heavy (non-hydrogen) atoms. The minimum atomic E-state index is -0.337. The molecule has 0 aliphatic rings. The number of benzene rings is 2. The predicted octanol–water partition coefficient (Wildman–Crippen LogP) is 3.99. The van der Waals surface area contributed by atoms with E-state index in [1.54, 1.807) is 42.5 Å². The van der Waals surface area contributed by atoms with Crippen LogP contribution in [0.2, 0.25) is 5.02 Å². The quantitative estimate of drug-likeness (QED) is 0.818. The van der Waals surface area contributed by atoms with Gasteiger partial charge in [0, 0.05) is 22.8 Å². The van der Waals surface area contributed by atoms with E-state index in [-0.39, 0.29) is 11.8 Å². The number of amides is 2. The molecule has 2 aromatic rings. The molecule has 0 aromatic heterocycles. The monoisotopic (exact) mass is 360 g/mol. The van der Waals surface area contributed by atoms with E-state index in [0.717, 1.165) is 0 Å². The lowest BCUT2D eigenvalue weighted by Gasteiger charge is -2.11. The summed E-state index contributed by atoms with van der Waals surface area (Å²) >= 11 is 5.95. The van der Waals surface area contributed by atoms with Crippen molar-refractivity contribution >= 4 is 29.1 Å². The van der Waals surface area contributed by atoms with Crippen LogP contribution < -0.4 is 15.4 Å². The van der Waals surface area contributed by atoms with E-state index in [1.807, 2.05) is 13.8 Å². The molecule has 2 N–H and O–H groups in total. The second-order valence-corrected chi connectivity index (χ2v) is 6.42. The van der Waals surface area contributed by atoms with Crippen molar-refractivity contribution in [3.63, 3.8) is 0 Å². The lowest BCUT2D eigenvalue weighted by atomic mass is 10.1. The number of hydrogen-bond donors (Lipinski definition) is 2. The largest absolute Gasteiger partial charge is 0.496 e. The minimum absolute atomic E-state index is 0.136. The molecule has 2 amide bonds. The molecule has 0 saturated heterocycles. The van der Waals surface area contributed by atoms with Gasteiger partial charge in [0.25, 0.3) is 11.8 Å². The fraction of sp³-hybridized carbons (Fsp3) is 0.263. The van der Waals surface area contributed by atoms with Gasteiger partial charge in [0.2, 0.25) is 0 Å². The number of carbonyl (C=O) groups is 2. The molecule has 0 bridgehead atoms. The van der Waals surface area contributed by atoms with Crippen molar-refractivity contribution in [1.82, 2.24) is 5.32 Å². The summed E-state index contributed by atoms with van der Waals surface area (Å²) in [6.07, 6.45) is 0. The summed E-state index contributed by atoms with van der Waals surface area (Å²) in [4.78, 5) is 24.4. The maximum atomic E-state index is 12.4. The number of methoxy groups -OCH3 is 1. The van der Waals surface area contributed by atoms with Gasteiger partial charge in [-0.1, -0.05) is 25.4 Å². The van der Waals surface area contributed by atoms with Crippen LogP contribution in [-0.4, -0.2) is 25.5 Å². The standard InChI is InChI=1S/C19H21ClN2O3/c1-12(2)11-21-18(23)13-4-7-15(8-5-13)22-19(24)16-10-14(20)6-9-17(16)25-3/h4-10,12H,11H2,1-3H3,(H,21,23)(H,22,24). The van der Waals surface area contributed by atoms with Crippen molar-refractivity contribution in [2.45, 2.75) is 13.8 Å². The smallest absolute Gasteiger partial charge is 0.259 e. The summed E-state index contributed by atoms with van der Waals surface area (Å²) < 4.78 is 5.18. The fourth-order valence-corrected chi connectivity index (χ4v) is 2.33. The normalized spacial score (nSPS) is 10.4. The Labute approximate surface area is 152 Å². The van der Waals surface area contributed by atoms with Gasteiger partial charge in [0.15, 0.2) is 0 Å². The number of rotatable bonds is 6. The van der Waals surface area contributed by atoms with Crippen molar-refractivity contribution in [1.29, 1.82) is 0 Å². The number of halogens is 1. The molecule has 0 unspecified atom stereocenters. The van der Waals surface area contributed by atoms with Gasteiger partial charge in [0.1, 0.15) is 5.75 Å². The Bertz CT molecular complexity index is 758. The number of nitrogens with one attached hydrogen (secondary N) is 2. The summed E-state index contributed by atoms with van der Waals surface area (Å²) in [6.45, 7) is 4.68. The van der Waals surface area contributed by atoms with Crippen molar-refractivity contribution in [3.05, 3.63) is 58.6 Å². The Balaban J connectivity index is 2.07. The van der Waals surface area contributed by atoms with Crippen LogP contribution in [0.5, 0.6) is 5.75 Å². The van der Waals surface area contributed by atoms with Crippen molar-refractivity contribution in [2.24, 2.45) is 5.92 Å².